The standard InChI is InChI=1S/C15H27N3O3/c1-3-14-11-21-15(20)18(14)8-4-7-17-9-5-13(6-10-17)16-12(2)19/h13-14H,3-11H2,1-2H3,(H,16,19)/t14-/m0/s1. The lowest BCUT2D eigenvalue weighted by atomic mass is 10.0. The fourth-order valence-corrected chi connectivity index (χ4v) is 3.15. The van der Waals surface area contributed by atoms with E-state index in [2.05, 4.69) is 17.1 Å². The maximum Gasteiger partial charge on any atom is 0.410 e. The number of cyclic esters (lactones) is 1. The number of carbonyl (C=O) groups excluding carboxylic acids is 2. The average molecular weight is 297 g/mol. The molecule has 0 unspecified atom stereocenters. The Morgan fingerprint density at radius 3 is 2.67 bits per heavy atom. The van der Waals surface area contributed by atoms with Gasteiger partial charge in [-0.15, -0.1) is 0 Å². The van der Waals surface area contributed by atoms with Crippen molar-refractivity contribution in [3.05, 3.63) is 0 Å². The number of likely N-dealkylation sites (tertiary alicyclic amines) is 1. The predicted octanol–water partition coefficient (Wildman–Crippen LogP) is 1.21. The van der Waals surface area contributed by atoms with Crippen LogP contribution in [0.4, 0.5) is 4.79 Å². The molecule has 0 saturated carbocycles. The molecule has 2 rings (SSSR count). The summed E-state index contributed by atoms with van der Waals surface area (Å²) >= 11 is 0. The molecule has 1 atom stereocenters. The summed E-state index contributed by atoms with van der Waals surface area (Å²) < 4.78 is 5.10. The number of hydrogen-bond acceptors (Lipinski definition) is 4. The summed E-state index contributed by atoms with van der Waals surface area (Å²) in [6.07, 6.45) is 3.81. The van der Waals surface area contributed by atoms with Gasteiger partial charge in [0.15, 0.2) is 0 Å². The average Bonchev–Trinajstić information content (AvgIpc) is 2.81. The monoisotopic (exact) mass is 297 g/mol. The van der Waals surface area contributed by atoms with Gasteiger partial charge in [0.1, 0.15) is 6.61 Å². The lowest BCUT2D eigenvalue weighted by Gasteiger charge is -2.32. The van der Waals surface area contributed by atoms with Crippen LogP contribution in [0.1, 0.15) is 39.5 Å². The second kappa shape index (κ2) is 7.64. The lowest BCUT2D eigenvalue weighted by molar-refractivity contribution is -0.119. The molecule has 2 aliphatic rings. The third-order valence-electron chi connectivity index (χ3n) is 4.41. The van der Waals surface area contributed by atoms with E-state index in [0.717, 1.165) is 51.9 Å². The molecule has 2 fully saturated rings. The van der Waals surface area contributed by atoms with Crippen LogP contribution in [-0.2, 0) is 9.53 Å². The van der Waals surface area contributed by atoms with Crippen LogP contribution in [-0.4, -0.2) is 66.7 Å². The van der Waals surface area contributed by atoms with Crippen LogP contribution in [0.3, 0.4) is 0 Å². The third-order valence-corrected chi connectivity index (χ3v) is 4.41. The highest BCUT2D eigenvalue weighted by molar-refractivity contribution is 5.73. The van der Waals surface area contributed by atoms with Gasteiger partial charge in [0.2, 0.25) is 5.91 Å². The molecule has 2 aliphatic heterocycles. The topological polar surface area (TPSA) is 61.9 Å². The van der Waals surface area contributed by atoms with Gasteiger partial charge in [-0.05, 0) is 32.2 Å². The molecule has 2 saturated heterocycles. The Labute approximate surface area is 126 Å². The maximum atomic E-state index is 11.6. The summed E-state index contributed by atoms with van der Waals surface area (Å²) in [5.74, 6) is 0.0617. The first-order chi connectivity index (χ1) is 10.1. The molecule has 0 aromatic carbocycles. The fraction of sp³-hybridized carbons (Fsp3) is 0.867. The van der Waals surface area contributed by atoms with Gasteiger partial charge < -0.3 is 19.9 Å². The van der Waals surface area contributed by atoms with Gasteiger partial charge in [0, 0.05) is 32.6 Å². The van der Waals surface area contributed by atoms with Crippen LogP contribution in [0.25, 0.3) is 0 Å². The zero-order valence-corrected chi connectivity index (χ0v) is 13.1. The predicted molar refractivity (Wildman–Crippen MR) is 80.0 cm³/mol. The van der Waals surface area contributed by atoms with Crippen molar-refractivity contribution in [2.45, 2.75) is 51.6 Å². The molecule has 0 spiro atoms. The first kappa shape index (κ1) is 16.1. The molecule has 0 aliphatic carbocycles. The van der Waals surface area contributed by atoms with E-state index in [0.29, 0.717) is 12.6 Å². The summed E-state index contributed by atoms with van der Waals surface area (Å²) in [4.78, 5) is 26.9. The fourth-order valence-electron chi connectivity index (χ4n) is 3.15. The van der Waals surface area contributed by atoms with E-state index in [4.69, 9.17) is 4.74 Å². The number of rotatable bonds is 6. The molecule has 0 bridgehead atoms. The molecule has 120 valence electrons. The Hall–Kier alpha value is -1.30. The number of hydrogen-bond donors (Lipinski definition) is 1. The second-order valence-electron chi connectivity index (χ2n) is 6.00. The molecular weight excluding hydrogens is 270 g/mol. The number of nitrogens with one attached hydrogen (secondary N) is 1. The van der Waals surface area contributed by atoms with E-state index in [-0.39, 0.29) is 18.0 Å². The Morgan fingerprint density at radius 2 is 2.05 bits per heavy atom. The minimum Gasteiger partial charge on any atom is -0.447 e. The van der Waals surface area contributed by atoms with Crippen molar-refractivity contribution < 1.29 is 14.3 Å². The Morgan fingerprint density at radius 1 is 1.33 bits per heavy atom. The van der Waals surface area contributed by atoms with E-state index in [9.17, 15) is 9.59 Å². The van der Waals surface area contributed by atoms with E-state index < -0.39 is 0 Å². The highest BCUT2D eigenvalue weighted by Crippen LogP contribution is 2.16. The number of amides is 2. The van der Waals surface area contributed by atoms with Gasteiger partial charge in [-0.3, -0.25) is 4.79 Å². The van der Waals surface area contributed by atoms with Crippen LogP contribution in [0.2, 0.25) is 0 Å². The zero-order valence-electron chi connectivity index (χ0n) is 13.1. The first-order valence-corrected chi connectivity index (χ1v) is 8.03. The second-order valence-corrected chi connectivity index (χ2v) is 6.00. The molecule has 0 aromatic rings. The number of nitrogens with zero attached hydrogens (tertiary/aromatic N) is 2. The van der Waals surface area contributed by atoms with Gasteiger partial charge in [0.05, 0.1) is 6.04 Å². The van der Waals surface area contributed by atoms with Crippen molar-refractivity contribution in [3.63, 3.8) is 0 Å². The quantitative estimate of drug-likeness (QED) is 0.800. The molecule has 21 heavy (non-hydrogen) atoms. The Bertz CT molecular complexity index is 367. The van der Waals surface area contributed by atoms with Gasteiger partial charge in [-0.2, -0.15) is 0 Å². The summed E-state index contributed by atoms with van der Waals surface area (Å²) in [7, 11) is 0. The van der Waals surface area contributed by atoms with Crippen molar-refractivity contribution in [3.8, 4) is 0 Å². The van der Waals surface area contributed by atoms with Crippen molar-refractivity contribution >= 4 is 12.0 Å². The van der Waals surface area contributed by atoms with Gasteiger partial charge in [0.25, 0.3) is 0 Å². The van der Waals surface area contributed by atoms with Crippen LogP contribution < -0.4 is 5.32 Å². The highest BCUT2D eigenvalue weighted by atomic mass is 16.6. The molecule has 6 nitrogen and oxygen atoms in total. The van der Waals surface area contributed by atoms with Crippen LogP contribution in [0.15, 0.2) is 0 Å². The highest BCUT2D eigenvalue weighted by Gasteiger charge is 2.31. The van der Waals surface area contributed by atoms with Crippen LogP contribution >= 0.6 is 0 Å². The molecular formula is C15H27N3O3. The number of ether oxygens (including phenoxy) is 1. The van der Waals surface area contributed by atoms with Crippen molar-refractivity contribution in [1.29, 1.82) is 0 Å². The molecule has 0 aromatic heterocycles. The van der Waals surface area contributed by atoms with Gasteiger partial charge in [-0.25, -0.2) is 4.79 Å². The van der Waals surface area contributed by atoms with E-state index in [1.165, 1.54) is 0 Å². The Kier molecular flexibility index (Phi) is 5.85. The zero-order chi connectivity index (χ0) is 15.2. The summed E-state index contributed by atoms with van der Waals surface area (Å²) in [6, 6.07) is 0.583. The van der Waals surface area contributed by atoms with Crippen molar-refractivity contribution in [1.82, 2.24) is 15.1 Å². The molecule has 0 radical (unpaired) electrons. The van der Waals surface area contributed by atoms with Crippen molar-refractivity contribution in [2.75, 3.05) is 32.8 Å². The minimum absolute atomic E-state index is 0.0617. The summed E-state index contributed by atoms with van der Waals surface area (Å²) in [5.41, 5.74) is 0. The van der Waals surface area contributed by atoms with E-state index >= 15 is 0 Å². The largest absolute Gasteiger partial charge is 0.447 e. The van der Waals surface area contributed by atoms with Gasteiger partial charge >= 0.3 is 6.09 Å². The lowest BCUT2D eigenvalue weighted by Crippen LogP contribution is -2.44. The molecule has 6 heteroatoms. The van der Waals surface area contributed by atoms with E-state index in [1.54, 1.807) is 6.92 Å². The third kappa shape index (κ3) is 4.59. The number of piperidine rings is 1. The van der Waals surface area contributed by atoms with Crippen LogP contribution in [0.5, 0.6) is 0 Å². The number of carbonyl (C=O) groups is 2. The van der Waals surface area contributed by atoms with Crippen molar-refractivity contribution in [2.24, 2.45) is 0 Å². The maximum absolute atomic E-state index is 11.6. The SMILES string of the molecule is CC[C@H]1COC(=O)N1CCCN1CCC(NC(C)=O)CC1. The Balaban J connectivity index is 1.64. The first-order valence-electron chi connectivity index (χ1n) is 8.03. The van der Waals surface area contributed by atoms with Gasteiger partial charge in [-0.1, -0.05) is 6.92 Å². The summed E-state index contributed by atoms with van der Waals surface area (Å²) in [6.45, 7) is 8.03. The molecule has 2 amide bonds. The van der Waals surface area contributed by atoms with E-state index in [1.807, 2.05) is 4.90 Å². The smallest absolute Gasteiger partial charge is 0.410 e. The summed E-state index contributed by atoms with van der Waals surface area (Å²) in [5, 5.41) is 2.99. The normalized spacial score (nSPS) is 24.2. The molecule has 2 heterocycles. The van der Waals surface area contributed by atoms with Crippen LogP contribution in [0, 0.1) is 0 Å². The molecule has 1 N–H and O–H groups in total. The minimum atomic E-state index is -0.161.